The first-order valence-corrected chi connectivity index (χ1v) is 10.4. The van der Waals surface area contributed by atoms with Crippen LogP contribution in [0.4, 0.5) is 5.69 Å². The summed E-state index contributed by atoms with van der Waals surface area (Å²) >= 11 is 1.38. The number of anilines is 1. The van der Waals surface area contributed by atoms with Crippen molar-refractivity contribution in [2.75, 3.05) is 4.72 Å². The summed E-state index contributed by atoms with van der Waals surface area (Å²) in [4.78, 5) is 16.4. The predicted molar refractivity (Wildman–Crippen MR) is 104 cm³/mol. The zero-order chi connectivity index (χ0) is 20.4. The van der Waals surface area contributed by atoms with E-state index in [2.05, 4.69) is 20.0 Å². The Bertz CT molecular complexity index is 1290. The van der Waals surface area contributed by atoms with Gasteiger partial charge in [-0.3, -0.25) is 9.71 Å². The fourth-order valence-corrected chi connectivity index (χ4v) is 4.62. The van der Waals surface area contributed by atoms with Gasteiger partial charge >= 0.3 is 5.97 Å². The van der Waals surface area contributed by atoms with Crippen LogP contribution in [0.3, 0.4) is 0 Å². The van der Waals surface area contributed by atoms with Gasteiger partial charge in [0.15, 0.2) is 11.0 Å². The SMILES string of the molecule is O=C(O)c1ccc(NS(=O)(=O)c2ccc(Sc3ccncc3)c3nonc23)cc1. The summed E-state index contributed by atoms with van der Waals surface area (Å²) in [6.45, 7) is 0. The summed E-state index contributed by atoms with van der Waals surface area (Å²) in [5.74, 6) is -1.10. The number of carboxylic acids is 1. The van der Waals surface area contributed by atoms with E-state index < -0.39 is 16.0 Å². The largest absolute Gasteiger partial charge is 0.478 e. The van der Waals surface area contributed by atoms with Crippen LogP contribution in [0.15, 0.2) is 80.2 Å². The number of nitrogens with one attached hydrogen (secondary N) is 1. The lowest BCUT2D eigenvalue weighted by molar-refractivity contribution is 0.0697. The summed E-state index contributed by atoms with van der Waals surface area (Å²) in [6.07, 6.45) is 3.30. The second-order valence-electron chi connectivity index (χ2n) is 5.80. The van der Waals surface area contributed by atoms with Gasteiger partial charge in [0, 0.05) is 27.9 Å². The second kappa shape index (κ2) is 7.53. The molecule has 0 aliphatic carbocycles. The molecular weight excluding hydrogens is 416 g/mol. The van der Waals surface area contributed by atoms with Crippen molar-refractivity contribution in [2.24, 2.45) is 0 Å². The molecule has 0 unspecified atom stereocenters. The van der Waals surface area contributed by atoms with Crippen molar-refractivity contribution in [1.82, 2.24) is 15.3 Å². The first-order valence-electron chi connectivity index (χ1n) is 8.13. The van der Waals surface area contributed by atoms with Crippen LogP contribution in [0.2, 0.25) is 0 Å². The molecule has 9 nitrogen and oxygen atoms in total. The molecule has 0 radical (unpaired) electrons. The van der Waals surface area contributed by atoms with E-state index in [9.17, 15) is 13.2 Å². The second-order valence-corrected chi connectivity index (χ2v) is 8.56. The molecule has 11 heteroatoms. The van der Waals surface area contributed by atoms with Gasteiger partial charge in [-0.2, -0.15) is 0 Å². The number of carboxylic acid groups (broad SMARTS) is 1. The van der Waals surface area contributed by atoms with Crippen LogP contribution in [0.1, 0.15) is 10.4 Å². The number of nitrogens with zero attached hydrogens (tertiary/aromatic N) is 3. The normalized spacial score (nSPS) is 11.4. The van der Waals surface area contributed by atoms with Crippen molar-refractivity contribution in [3.63, 3.8) is 0 Å². The van der Waals surface area contributed by atoms with E-state index in [1.54, 1.807) is 18.5 Å². The predicted octanol–water partition coefficient (Wildman–Crippen LogP) is 3.27. The Labute approximate surface area is 168 Å². The summed E-state index contributed by atoms with van der Waals surface area (Å²) in [5.41, 5.74) is 0.679. The number of pyridine rings is 1. The molecule has 4 rings (SSSR count). The Morgan fingerprint density at radius 1 is 0.966 bits per heavy atom. The maximum Gasteiger partial charge on any atom is 0.335 e. The standard InChI is InChI=1S/C18H12N4O5S2/c23-18(24)11-1-3-12(4-2-11)22-29(25,26)15-6-5-14(16-17(15)21-27-20-16)28-13-7-9-19-10-8-13/h1-10,22H,(H,23,24). The Morgan fingerprint density at radius 2 is 1.66 bits per heavy atom. The molecule has 0 spiro atoms. The number of sulfonamides is 1. The van der Waals surface area contributed by atoms with Crippen LogP contribution in [-0.2, 0) is 10.0 Å². The lowest BCUT2D eigenvalue weighted by Crippen LogP contribution is -2.13. The first-order chi connectivity index (χ1) is 13.9. The van der Waals surface area contributed by atoms with Gasteiger partial charge in [0.25, 0.3) is 10.0 Å². The molecule has 0 saturated carbocycles. The number of benzene rings is 2. The zero-order valence-electron chi connectivity index (χ0n) is 14.5. The average molecular weight is 428 g/mol. The van der Waals surface area contributed by atoms with Crippen LogP contribution in [0.5, 0.6) is 0 Å². The molecule has 0 bridgehead atoms. The van der Waals surface area contributed by atoms with Crippen molar-refractivity contribution in [2.45, 2.75) is 14.7 Å². The molecule has 0 fully saturated rings. The molecule has 2 aromatic carbocycles. The van der Waals surface area contributed by atoms with E-state index in [-0.39, 0.29) is 21.7 Å². The number of hydrogen-bond acceptors (Lipinski definition) is 8. The third kappa shape index (κ3) is 3.91. The monoisotopic (exact) mass is 428 g/mol. The minimum atomic E-state index is -4.01. The van der Waals surface area contributed by atoms with Gasteiger partial charge in [0.1, 0.15) is 4.90 Å². The molecule has 2 aromatic heterocycles. The fraction of sp³-hybridized carbons (Fsp3) is 0. The molecule has 0 aliphatic heterocycles. The molecular formula is C18H12N4O5S2. The highest BCUT2D eigenvalue weighted by Gasteiger charge is 2.23. The van der Waals surface area contributed by atoms with E-state index in [0.29, 0.717) is 10.4 Å². The highest BCUT2D eigenvalue weighted by atomic mass is 32.2. The van der Waals surface area contributed by atoms with Gasteiger partial charge in [-0.15, -0.1) is 0 Å². The number of aromatic carboxylic acids is 1. The smallest absolute Gasteiger partial charge is 0.335 e. The summed E-state index contributed by atoms with van der Waals surface area (Å²) in [7, 11) is -4.01. The van der Waals surface area contributed by atoms with Gasteiger partial charge in [-0.25, -0.2) is 17.8 Å². The van der Waals surface area contributed by atoms with Crippen LogP contribution in [0, 0.1) is 0 Å². The average Bonchev–Trinajstić information content (AvgIpc) is 3.19. The maximum atomic E-state index is 12.8. The van der Waals surface area contributed by atoms with Gasteiger partial charge < -0.3 is 5.11 Å². The lowest BCUT2D eigenvalue weighted by Gasteiger charge is -2.09. The lowest BCUT2D eigenvalue weighted by atomic mass is 10.2. The molecule has 0 aliphatic rings. The van der Waals surface area contributed by atoms with E-state index >= 15 is 0 Å². The Morgan fingerprint density at radius 3 is 2.34 bits per heavy atom. The van der Waals surface area contributed by atoms with Crippen molar-refractivity contribution < 1.29 is 22.9 Å². The Kier molecular flexibility index (Phi) is 4.91. The van der Waals surface area contributed by atoms with Gasteiger partial charge in [0.2, 0.25) is 0 Å². The van der Waals surface area contributed by atoms with E-state index in [4.69, 9.17) is 9.74 Å². The van der Waals surface area contributed by atoms with Crippen LogP contribution in [0.25, 0.3) is 11.0 Å². The van der Waals surface area contributed by atoms with Crippen molar-refractivity contribution >= 4 is 44.5 Å². The molecule has 0 amide bonds. The third-order valence-corrected chi connectivity index (χ3v) is 6.36. The van der Waals surface area contributed by atoms with E-state index in [0.717, 1.165) is 4.90 Å². The third-order valence-electron chi connectivity index (χ3n) is 3.89. The molecule has 0 atom stereocenters. The minimum Gasteiger partial charge on any atom is -0.478 e. The fourth-order valence-electron chi connectivity index (χ4n) is 2.54. The minimum absolute atomic E-state index is 0.0496. The quantitative estimate of drug-likeness (QED) is 0.474. The highest BCUT2D eigenvalue weighted by molar-refractivity contribution is 7.99. The Hall–Kier alpha value is -3.44. The van der Waals surface area contributed by atoms with Crippen molar-refractivity contribution in [3.8, 4) is 0 Å². The summed E-state index contributed by atoms with van der Waals surface area (Å²) in [6, 6.07) is 12.0. The van der Waals surface area contributed by atoms with Gasteiger partial charge in [0.05, 0.1) is 5.56 Å². The number of rotatable bonds is 6. The van der Waals surface area contributed by atoms with Crippen molar-refractivity contribution in [3.05, 3.63) is 66.5 Å². The van der Waals surface area contributed by atoms with Crippen LogP contribution in [-0.4, -0.2) is 34.8 Å². The topological polar surface area (TPSA) is 135 Å². The number of aromatic nitrogens is 3. The summed E-state index contributed by atoms with van der Waals surface area (Å²) < 4.78 is 32.9. The number of hydrogen-bond donors (Lipinski definition) is 2. The van der Waals surface area contributed by atoms with E-state index in [1.807, 2.05) is 12.1 Å². The molecule has 2 N–H and O–H groups in total. The van der Waals surface area contributed by atoms with E-state index in [1.165, 1.54) is 42.1 Å². The van der Waals surface area contributed by atoms with Crippen molar-refractivity contribution in [1.29, 1.82) is 0 Å². The molecule has 146 valence electrons. The van der Waals surface area contributed by atoms with Gasteiger partial charge in [-0.1, -0.05) is 11.8 Å². The first kappa shape index (κ1) is 18.9. The maximum absolute atomic E-state index is 12.8. The molecule has 29 heavy (non-hydrogen) atoms. The number of fused-ring (bicyclic) bond motifs is 1. The Balaban J connectivity index is 1.67. The van der Waals surface area contributed by atoms with Crippen LogP contribution < -0.4 is 4.72 Å². The number of carbonyl (C=O) groups is 1. The molecule has 2 heterocycles. The molecule has 0 saturated heterocycles. The van der Waals surface area contributed by atoms with Crippen LogP contribution >= 0.6 is 11.8 Å². The van der Waals surface area contributed by atoms with Gasteiger partial charge in [-0.05, 0) is 58.8 Å². The zero-order valence-corrected chi connectivity index (χ0v) is 16.1. The molecule has 4 aromatic rings. The summed E-state index contributed by atoms with van der Waals surface area (Å²) in [5, 5.41) is 16.5. The highest BCUT2D eigenvalue weighted by Crippen LogP contribution is 2.34.